The average Bonchev–Trinajstić information content (AvgIpc) is 2.37. The number of hydrogen-bond donors (Lipinski definition) is 2. The number of ether oxygens (including phenoxy) is 2. The molecule has 1 rings (SSSR count). The first-order valence-electron chi connectivity index (χ1n) is 5.26. The van der Waals surface area contributed by atoms with Crippen LogP contribution in [-0.4, -0.2) is 42.6 Å². The lowest BCUT2D eigenvalue weighted by Crippen LogP contribution is -2.24. The number of carbonyl (C=O) groups is 1. The van der Waals surface area contributed by atoms with Crippen molar-refractivity contribution in [2.75, 3.05) is 20.3 Å². The molecular formula is C12H16O5. The smallest absolute Gasteiger partial charge is 0.335 e. The Balaban J connectivity index is 2.53. The summed E-state index contributed by atoms with van der Waals surface area (Å²) in [6.07, 6.45) is -0.948. The fourth-order valence-electron chi connectivity index (χ4n) is 1.33. The van der Waals surface area contributed by atoms with Gasteiger partial charge in [0.05, 0.1) is 13.7 Å². The molecule has 0 saturated carbocycles. The average molecular weight is 240 g/mol. The highest BCUT2D eigenvalue weighted by molar-refractivity contribution is 5.74. The Morgan fingerprint density at radius 2 is 2.00 bits per heavy atom. The Bertz CT molecular complexity index is 346. The minimum Gasteiger partial charge on any atom is -0.491 e. The van der Waals surface area contributed by atoms with Crippen LogP contribution in [0.4, 0.5) is 0 Å². The first-order valence-corrected chi connectivity index (χ1v) is 5.26. The van der Waals surface area contributed by atoms with Crippen molar-refractivity contribution in [2.24, 2.45) is 0 Å². The molecule has 0 amide bonds. The molecule has 2 N–H and O–H groups in total. The molecular weight excluding hydrogens is 224 g/mol. The van der Waals surface area contributed by atoms with Crippen molar-refractivity contribution in [3.63, 3.8) is 0 Å². The maximum atomic E-state index is 11.0. The molecule has 5 nitrogen and oxygen atoms in total. The third-order valence-corrected chi connectivity index (χ3v) is 2.19. The van der Waals surface area contributed by atoms with Gasteiger partial charge in [-0.15, -0.1) is 0 Å². The van der Waals surface area contributed by atoms with Gasteiger partial charge in [-0.25, -0.2) is 4.79 Å². The van der Waals surface area contributed by atoms with Gasteiger partial charge >= 0.3 is 5.97 Å². The summed E-state index contributed by atoms with van der Waals surface area (Å²) >= 11 is 0. The second kappa shape index (κ2) is 6.88. The number of rotatable bonds is 6. The standard InChI is InChI=1S/C12H16O5/c1-16-12(15)11(14)8-9-2-4-10(5-3-9)17-7-6-13/h2-5,11,13-14H,6-8H2,1H3. The predicted octanol–water partition coefficient (Wildman–Crippen LogP) is 0.134. The van der Waals surface area contributed by atoms with Crippen LogP contribution in [0.25, 0.3) is 0 Å². The van der Waals surface area contributed by atoms with Crippen molar-refractivity contribution in [1.29, 1.82) is 0 Å². The Labute approximate surface area is 99.6 Å². The molecule has 0 aliphatic rings. The molecule has 17 heavy (non-hydrogen) atoms. The molecule has 5 heteroatoms. The maximum Gasteiger partial charge on any atom is 0.335 e. The Hall–Kier alpha value is -1.59. The van der Waals surface area contributed by atoms with Crippen molar-refractivity contribution >= 4 is 5.97 Å². The van der Waals surface area contributed by atoms with E-state index < -0.39 is 12.1 Å². The molecule has 0 spiro atoms. The molecule has 1 aromatic rings. The van der Waals surface area contributed by atoms with Crippen LogP contribution in [-0.2, 0) is 16.0 Å². The van der Waals surface area contributed by atoms with E-state index in [1.54, 1.807) is 24.3 Å². The lowest BCUT2D eigenvalue weighted by Gasteiger charge is -2.09. The minimum atomic E-state index is -1.15. The van der Waals surface area contributed by atoms with Gasteiger partial charge in [0.25, 0.3) is 0 Å². The Kier molecular flexibility index (Phi) is 5.45. The largest absolute Gasteiger partial charge is 0.491 e. The van der Waals surface area contributed by atoms with Crippen LogP contribution in [0.15, 0.2) is 24.3 Å². The summed E-state index contributed by atoms with van der Waals surface area (Å²) < 4.78 is 9.60. The number of aliphatic hydroxyl groups excluding tert-OH is 2. The fraction of sp³-hybridized carbons (Fsp3) is 0.417. The molecule has 0 aliphatic heterocycles. The van der Waals surface area contributed by atoms with Crippen LogP contribution in [0, 0.1) is 0 Å². The van der Waals surface area contributed by atoms with E-state index in [2.05, 4.69) is 4.74 Å². The van der Waals surface area contributed by atoms with Gasteiger partial charge in [-0.1, -0.05) is 12.1 Å². The number of benzene rings is 1. The van der Waals surface area contributed by atoms with Crippen molar-refractivity contribution in [1.82, 2.24) is 0 Å². The maximum absolute atomic E-state index is 11.0. The topological polar surface area (TPSA) is 76.0 Å². The molecule has 0 radical (unpaired) electrons. The Morgan fingerprint density at radius 3 is 2.53 bits per heavy atom. The molecule has 94 valence electrons. The molecule has 0 aromatic heterocycles. The van der Waals surface area contributed by atoms with E-state index in [4.69, 9.17) is 9.84 Å². The van der Waals surface area contributed by atoms with Crippen molar-refractivity contribution in [3.05, 3.63) is 29.8 Å². The summed E-state index contributed by atoms with van der Waals surface area (Å²) in [6, 6.07) is 6.93. The third-order valence-electron chi connectivity index (χ3n) is 2.19. The van der Waals surface area contributed by atoms with Gasteiger partial charge in [0.15, 0.2) is 6.10 Å². The van der Waals surface area contributed by atoms with E-state index in [1.165, 1.54) is 7.11 Å². The van der Waals surface area contributed by atoms with Crippen molar-refractivity contribution in [2.45, 2.75) is 12.5 Å². The quantitative estimate of drug-likeness (QED) is 0.691. The number of methoxy groups -OCH3 is 1. The van der Waals surface area contributed by atoms with E-state index in [0.29, 0.717) is 5.75 Å². The van der Waals surface area contributed by atoms with E-state index in [0.717, 1.165) is 5.56 Å². The summed E-state index contributed by atoms with van der Waals surface area (Å²) in [6.45, 7) is 0.201. The summed E-state index contributed by atoms with van der Waals surface area (Å²) in [5.41, 5.74) is 0.805. The molecule has 1 atom stereocenters. The van der Waals surface area contributed by atoms with Gasteiger partial charge in [-0.2, -0.15) is 0 Å². The molecule has 0 aliphatic carbocycles. The van der Waals surface area contributed by atoms with Gasteiger partial charge in [0.1, 0.15) is 12.4 Å². The minimum absolute atomic E-state index is 0.0389. The number of hydrogen-bond acceptors (Lipinski definition) is 5. The monoisotopic (exact) mass is 240 g/mol. The predicted molar refractivity (Wildman–Crippen MR) is 60.7 cm³/mol. The SMILES string of the molecule is COC(=O)C(O)Cc1ccc(OCCO)cc1. The van der Waals surface area contributed by atoms with Crippen LogP contribution >= 0.6 is 0 Å². The van der Waals surface area contributed by atoms with Crippen LogP contribution < -0.4 is 4.74 Å². The zero-order valence-corrected chi connectivity index (χ0v) is 9.63. The molecule has 1 unspecified atom stereocenters. The zero-order valence-electron chi connectivity index (χ0n) is 9.63. The summed E-state index contributed by atoms with van der Waals surface area (Å²) in [5, 5.41) is 18.0. The van der Waals surface area contributed by atoms with E-state index in [1.807, 2.05) is 0 Å². The van der Waals surface area contributed by atoms with Gasteiger partial charge in [0, 0.05) is 6.42 Å². The molecule has 0 heterocycles. The second-order valence-corrected chi connectivity index (χ2v) is 3.46. The molecule has 0 saturated heterocycles. The van der Waals surface area contributed by atoms with Crippen LogP contribution in [0.2, 0.25) is 0 Å². The third kappa shape index (κ3) is 4.42. The van der Waals surface area contributed by atoms with E-state index >= 15 is 0 Å². The number of carbonyl (C=O) groups excluding carboxylic acids is 1. The normalized spacial score (nSPS) is 11.9. The highest BCUT2D eigenvalue weighted by atomic mass is 16.5. The highest BCUT2D eigenvalue weighted by Crippen LogP contribution is 2.13. The van der Waals surface area contributed by atoms with Crippen molar-refractivity contribution in [3.8, 4) is 5.75 Å². The highest BCUT2D eigenvalue weighted by Gasteiger charge is 2.15. The summed E-state index contributed by atoms with van der Waals surface area (Å²) in [5.74, 6) is -0.0130. The van der Waals surface area contributed by atoms with Gasteiger partial charge in [0.2, 0.25) is 0 Å². The summed E-state index contributed by atoms with van der Waals surface area (Å²) in [7, 11) is 1.23. The number of aliphatic hydroxyl groups is 2. The van der Waals surface area contributed by atoms with E-state index in [-0.39, 0.29) is 19.6 Å². The van der Waals surface area contributed by atoms with Gasteiger partial charge < -0.3 is 19.7 Å². The van der Waals surface area contributed by atoms with Crippen LogP contribution in [0.3, 0.4) is 0 Å². The molecule has 0 fully saturated rings. The first-order chi connectivity index (χ1) is 8.17. The van der Waals surface area contributed by atoms with Gasteiger partial charge in [-0.05, 0) is 17.7 Å². The lowest BCUT2D eigenvalue weighted by atomic mass is 10.1. The first kappa shape index (κ1) is 13.5. The van der Waals surface area contributed by atoms with Crippen LogP contribution in [0.5, 0.6) is 5.75 Å². The second-order valence-electron chi connectivity index (χ2n) is 3.46. The lowest BCUT2D eigenvalue weighted by molar-refractivity contribution is -0.150. The number of esters is 1. The molecule has 1 aromatic carbocycles. The van der Waals surface area contributed by atoms with E-state index in [9.17, 15) is 9.90 Å². The molecule has 0 bridgehead atoms. The van der Waals surface area contributed by atoms with Crippen molar-refractivity contribution < 1.29 is 24.5 Å². The fourth-order valence-corrected chi connectivity index (χ4v) is 1.33. The van der Waals surface area contributed by atoms with Crippen LogP contribution in [0.1, 0.15) is 5.56 Å². The Morgan fingerprint density at radius 1 is 1.35 bits per heavy atom. The summed E-state index contributed by atoms with van der Waals surface area (Å²) in [4.78, 5) is 11.0. The van der Waals surface area contributed by atoms with Gasteiger partial charge in [-0.3, -0.25) is 0 Å². The zero-order chi connectivity index (χ0) is 12.7.